The largest absolute Gasteiger partial charge is 0.493 e. The summed E-state index contributed by atoms with van der Waals surface area (Å²) in [5, 5.41) is 0. The van der Waals surface area contributed by atoms with Gasteiger partial charge >= 0.3 is 5.97 Å². The van der Waals surface area contributed by atoms with Gasteiger partial charge in [0.1, 0.15) is 5.57 Å². The lowest BCUT2D eigenvalue weighted by Gasteiger charge is -2.22. The van der Waals surface area contributed by atoms with Crippen molar-refractivity contribution in [3.8, 4) is 11.5 Å². The Morgan fingerprint density at radius 2 is 1.97 bits per heavy atom. The smallest absolute Gasteiger partial charge is 0.341 e. The third-order valence-electron chi connectivity index (χ3n) is 5.61. The van der Waals surface area contributed by atoms with Crippen LogP contribution in [0, 0.1) is 11.8 Å². The summed E-state index contributed by atoms with van der Waals surface area (Å²) in [6, 6.07) is 4.03. The van der Waals surface area contributed by atoms with Crippen LogP contribution in [0.4, 0.5) is 0 Å². The summed E-state index contributed by atoms with van der Waals surface area (Å²) >= 11 is 0. The van der Waals surface area contributed by atoms with Crippen LogP contribution in [-0.2, 0) is 20.7 Å². The van der Waals surface area contributed by atoms with Gasteiger partial charge in [0.2, 0.25) is 0 Å². The predicted molar refractivity (Wildman–Crippen MR) is 112 cm³/mol. The predicted octanol–water partition coefficient (Wildman–Crippen LogP) is 4.53. The highest BCUT2D eigenvalue weighted by Gasteiger charge is 2.30. The van der Waals surface area contributed by atoms with Gasteiger partial charge in [0.05, 0.1) is 20.3 Å². The summed E-state index contributed by atoms with van der Waals surface area (Å²) in [5.41, 5.74) is 3.31. The highest BCUT2D eigenvalue weighted by molar-refractivity contribution is 6.23. The quantitative estimate of drug-likeness (QED) is 0.539. The zero-order chi connectivity index (χ0) is 21.0. The van der Waals surface area contributed by atoms with Crippen molar-refractivity contribution in [1.82, 2.24) is 0 Å². The number of methoxy groups -OCH3 is 1. The number of hydrogen-bond donors (Lipinski definition) is 0. The number of carbonyl (C=O) groups excluding carboxylic acids is 2. The molecule has 0 N–H and O–H groups in total. The first-order valence-electron chi connectivity index (χ1n) is 10.5. The van der Waals surface area contributed by atoms with Crippen LogP contribution in [0.1, 0.15) is 51.2 Å². The topological polar surface area (TPSA) is 61.8 Å². The maximum absolute atomic E-state index is 13.0. The number of ketones is 1. The van der Waals surface area contributed by atoms with Crippen molar-refractivity contribution in [1.29, 1.82) is 0 Å². The van der Waals surface area contributed by atoms with Crippen molar-refractivity contribution in [2.75, 3.05) is 20.3 Å². The zero-order valence-electron chi connectivity index (χ0n) is 17.7. The number of allylic oxidation sites excluding steroid dienone is 3. The maximum Gasteiger partial charge on any atom is 0.341 e. The molecule has 5 heteroatoms. The summed E-state index contributed by atoms with van der Waals surface area (Å²) in [6.07, 6.45) is 6.87. The molecule has 0 saturated carbocycles. The van der Waals surface area contributed by atoms with Crippen LogP contribution in [0.5, 0.6) is 11.5 Å². The molecule has 0 fully saturated rings. The molecular formula is C24H30O5. The lowest BCUT2D eigenvalue weighted by Crippen LogP contribution is -2.18. The molecule has 2 unspecified atom stereocenters. The zero-order valence-corrected chi connectivity index (χ0v) is 17.7. The number of esters is 1. The highest BCUT2D eigenvalue weighted by atomic mass is 16.5. The molecular weight excluding hydrogens is 368 g/mol. The van der Waals surface area contributed by atoms with Gasteiger partial charge in [0.25, 0.3) is 0 Å². The minimum atomic E-state index is -0.542. The third-order valence-corrected chi connectivity index (χ3v) is 5.61. The van der Waals surface area contributed by atoms with Crippen molar-refractivity contribution in [2.24, 2.45) is 11.8 Å². The second-order valence-corrected chi connectivity index (χ2v) is 7.71. The van der Waals surface area contributed by atoms with E-state index >= 15 is 0 Å². The number of benzene rings is 1. The van der Waals surface area contributed by atoms with Crippen molar-refractivity contribution in [2.45, 2.75) is 46.5 Å². The van der Waals surface area contributed by atoms with Gasteiger partial charge in [-0.25, -0.2) is 4.79 Å². The van der Waals surface area contributed by atoms with E-state index in [9.17, 15) is 9.59 Å². The molecule has 1 aromatic rings. The van der Waals surface area contributed by atoms with Gasteiger partial charge in [0.15, 0.2) is 17.3 Å². The van der Waals surface area contributed by atoms with E-state index < -0.39 is 5.97 Å². The Hall–Kier alpha value is -2.56. The van der Waals surface area contributed by atoms with Crippen molar-refractivity contribution in [3.63, 3.8) is 0 Å². The fraction of sp³-hybridized carbons (Fsp3) is 0.500. The summed E-state index contributed by atoms with van der Waals surface area (Å²) in [4.78, 5) is 25.2. The average molecular weight is 398 g/mol. The van der Waals surface area contributed by atoms with Crippen LogP contribution in [0.25, 0.3) is 5.57 Å². The fourth-order valence-electron chi connectivity index (χ4n) is 4.37. The molecule has 0 aliphatic heterocycles. The SMILES string of the molecule is CCOC(=O)C1=CCCC2CC(C)Cc3cc(OCC)c(OC)cc3C2=CC1=O. The molecule has 0 amide bonds. The Morgan fingerprint density at radius 3 is 2.66 bits per heavy atom. The van der Waals surface area contributed by atoms with Crippen LogP contribution in [0.2, 0.25) is 0 Å². The normalized spacial score (nSPS) is 21.4. The Labute approximate surface area is 172 Å². The van der Waals surface area contributed by atoms with Crippen molar-refractivity contribution >= 4 is 17.3 Å². The number of rotatable bonds is 5. The summed E-state index contributed by atoms with van der Waals surface area (Å²) in [6.45, 7) is 6.74. The Morgan fingerprint density at radius 1 is 1.17 bits per heavy atom. The molecule has 3 rings (SSSR count). The Bertz CT molecular complexity index is 849. The molecule has 0 aromatic heterocycles. The first-order valence-corrected chi connectivity index (χ1v) is 10.5. The minimum absolute atomic E-state index is 0.134. The monoisotopic (exact) mass is 398 g/mol. The van der Waals surface area contributed by atoms with E-state index in [0.717, 1.165) is 41.7 Å². The molecule has 2 aliphatic rings. The Balaban J connectivity index is 2.11. The van der Waals surface area contributed by atoms with E-state index in [1.807, 2.05) is 19.1 Å². The van der Waals surface area contributed by atoms with Crippen LogP contribution in [0.3, 0.4) is 0 Å². The van der Waals surface area contributed by atoms with E-state index in [4.69, 9.17) is 14.2 Å². The van der Waals surface area contributed by atoms with Gasteiger partial charge in [-0.1, -0.05) is 13.0 Å². The van der Waals surface area contributed by atoms with Gasteiger partial charge < -0.3 is 14.2 Å². The molecule has 0 bridgehead atoms. The molecule has 2 aliphatic carbocycles. The lowest BCUT2D eigenvalue weighted by atomic mass is 9.82. The second kappa shape index (κ2) is 9.29. The van der Waals surface area contributed by atoms with E-state index in [2.05, 4.69) is 6.92 Å². The summed E-state index contributed by atoms with van der Waals surface area (Å²) < 4.78 is 16.4. The van der Waals surface area contributed by atoms with E-state index in [-0.39, 0.29) is 23.9 Å². The molecule has 0 heterocycles. The summed E-state index contributed by atoms with van der Waals surface area (Å²) in [5.74, 6) is 1.31. The van der Waals surface area contributed by atoms with Crippen LogP contribution >= 0.6 is 0 Å². The Kier molecular flexibility index (Phi) is 6.78. The second-order valence-electron chi connectivity index (χ2n) is 7.71. The molecule has 1 aromatic carbocycles. The van der Waals surface area contributed by atoms with E-state index in [1.54, 1.807) is 26.2 Å². The van der Waals surface area contributed by atoms with Gasteiger partial charge in [-0.3, -0.25) is 4.79 Å². The molecule has 5 nitrogen and oxygen atoms in total. The number of fused-ring (bicyclic) bond motifs is 3. The third kappa shape index (κ3) is 4.55. The summed E-state index contributed by atoms with van der Waals surface area (Å²) in [7, 11) is 1.63. The molecule has 29 heavy (non-hydrogen) atoms. The van der Waals surface area contributed by atoms with Crippen LogP contribution < -0.4 is 9.47 Å². The van der Waals surface area contributed by atoms with Gasteiger partial charge in [0, 0.05) is 0 Å². The first-order chi connectivity index (χ1) is 14.0. The first kappa shape index (κ1) is 21.2. The maximum atomic E-state index is 13.0. The van der Waals surface area contributed by atoms with E-state index in [1.165, 1.54) is 0 Å². The van der Waals surface area contributed by atoms with Gasteiger partial charge in [-0.05, 0) is 86.3 Å². The van der Waals surface area contributed by atoms with Crippen molar-refractivity contribution in [3.05, 3.63) is 41.0 Å². The minimum Gasteiger partial charge on any atom is -0.493 e. The standard InChI is InChI=1S/C24H30O5/c1-5-28-23-12-17-11-15(3)10-16-8-7-9-18(24(26)29-6-2)21(25)13-19(16)20(17)14-22(23)27-4/h9,12-16H,5-8,10-11H2,1-4H3. The van der Waals surface area contributed by atoms with Crippen LogP contribution in [-0.4, -0.2) is 32.1 Å². The van der Waals surface area contributed by atoms with Crippen molar-refractivity contribution < 1.29 is 23.8 Å². The fourth-order valence-corrected chi connectivity index (χ4v) is 4.37. The molecule has 0 saturated heterocycles. The lowest BCUT2D eigenvalue weighted by molar-refractivity contribution is -0.139. The molecule has 0 spiro atoms. The van der Waals surface area contributed by atoms with E-state index in [0.29, 0.717) is 24.7 Å². The van der Waals surface area contributed by atoms with Crippen LogP contribution in [0.15, 0.2) is 29.9 Å². The molecule has 2 atom stereocenters. The average Bonchev–Trinajstić information content (AvgIpc) is 2.79. The molecule has 0 radical (unpaired) electrons. The van der Waals surface area contributed by atoms with Gasteiger partial charge in [-0.2, -0.15) is 0 Å². The molecule has 156 valence electrons. The van der Waals surface area contributed by atoms with Gasteiger partial charge in [-0.15, -0.1) is 0 Å². The number of ether oxygens (including phenoxy) is 3. The number of hydrogen-bond acceptors (Lipinski definition) is 5. The number of carbonyl (C=O) groups is 2. The highest BCUT2D eigenvalue weighted by Crippen LogP contribution is 2.44.